The average molecular weight is 416 g/mol. The summed E-state index contributed by atoms with van der Waals surface area (Å²) in [6, 6.07) is 9.68. The lowest BCUT2D eigenvalue weighted by Gasteiger charge is -2.36. The molecular weight excluding hydrogens is 390 g/mol. The van der Waals surface area contributed by atoms with E-state index in [9.17, 15) is 4.79 Å². The van der Waals surface area contributed by atoms with Crippen LogP contribution in [0.25, 0.3) is 11.1 Å². The molecule has 1 N–H and O–H groups in total. The maximum absolute atomic E-state index is 11.5. The Bertz CT molecular complexity index is 889. The van der Waals surface area contributed by atoms with Gasteiger partial charge in [-0.25, -0.2) is 4.98 Å². The Hall–Kier alpha value is -1.56. The number of nitrogens with one attached hydrogen (secondary N) is 1. The van der Waals surface area contributed by atoms with Crippen LogP contribution in [0.2, 0.25) is 5.02 Å². The van der Waals surface area contributed by atoms with E-state index in [1.54, 1.807) is 6.20 Å². The van der Waals surface area contributed by atoms with E-state index in [0.29, 0.717) is 11.1 Å². The minimum atomic E-state index is -0.132. The molecule has 0 radical (unpaired) electrons. The normalized spacial score (nSPS) is 24.4. The van der Waals surface area contributed by atoms with Crippen molar-refractivity contribution in [2.24, 2.45) is 0 Å². The van der Waals surface area contributed by atoms with Gasteiger partial charge in [-0.05, 0) is 69.0 Å². The Morgan fingerprint density at radius 2 is 1.96 bits per heavy atom. The molecule has 2 saturated heterocycles. The van der Waals surface area contributed by atoms with Crippen LogP contribution in [-0.2, 0) is 4.79 Å². The average Bonchev–Trinajstić information content (AvgIpc) is 2.86. The lowest BCUT2D eigenvalue weighted by Crippen LogP contribution is -2.40. The fraction of sp³-hybridized carbons (Fsp3) is 0.455. The van der Waals surface area contributed by atoms with Gasteiger partial charge in [0, 0.05) is 40.9 Å². The number of piperidine rings is 1. The zero-order chi connectivity index (χ0) is 19.8. The minimum absolute atomic E-state index is 0.132. The highest BCUT2D eigenvalue weighted by molar-refractivity contribution is 8.00. The van der Waals surface area contributed by atoms with Gasteiger partial charge in [0.05, 0.1) is 5.02 Å². The zero-order valence-corrected chi connectivity index (χ0v) is 18.1. The summed E-state index contributed by atoms with van der Waals surface area (Å²) in [5.74, 6) is 0.439. The van der Waals surface area contributed by atoms with Gasteiger partial charge in [-0.15, -0.1) is 11.8 Å². The Morgan fingerprint density at radius 1 is 1.25 bits per heavy atom. The van der Waals surface area contributed by atoms with Gasteiger partial charge in [-0.1, -0.05) is 17.7 Å². The van der Waals surface area contributed by atoms with Crippen molar-refractivity contribution in [3.8, 4) is 11.1 Å². The Morgan fingerprint density at radius 3 is 2.61 bits per heavy atom. The van der Waals surface area contributed by atoms with Crippen molar-refractivity contribution in [3.63, 3.8) is 0 Å². The van der Waals surface area contributed by atoms with Crippen LogP contribution < -0.4 is 5.32 Å². The second-order valence-electron chi connectivity index (χ2n) is 8.00. The number of fused-ring (bicyclic) bond motifs is 2. The molecule has 1 unspecified atom stereocenters. The fourth-order valence-corrected chi connectivity index (χ4v) is 6.09. The molecule has 4 rings (SSSR count). The molecule has 4 nitrogen and oxygen atoms in total. The van der Waals surface area contributed by atoms with Crippen molar-refractivity contribution in [1.29, 1.82) is 0 Å². The summed E-state index contributed by atoms with van der Waals surface area (Å²) in [7, 11) is 2.27. The van der Waals surface area contributed by atoms with Crippen molar-refractivity contribution < 1.29 is 4.79 Å². The van der Waals surface area contributed by atoms with Crippen LogP contribution in [0.5, 0.6) is 0 Å². The van der Waals surface area contributed by atoms with Crippen molar-refractivity contribution in [3.05, 3.63) is 41.0 Å². The summed E-state index contributed by atoms with van der Waals surface area (Å²) in [5.41, 5.74) is 2.91. The highest BCUT2D eigenvalue weighted by Gasteiger charge is 2.38. The first-order chi connectivity index (χ1) is 13.4. The fourth-order valence-electron chi connectivity index (χ4n) is 4.46. The van der Waals surface area contributed by atoms with Crippen molar-refractivity contribution in [2.45, 2.75) is 61.8 Å². The number of pyridine rings is 1. The van der Waals surface area contributed by atoms with Crippen LogP contribution in [-0.4, -0.2) is 40.2 Å². The number of benzene rings is 1. The van der Waals surface area contributed by atoms with Crippen LogP contribution >= 0.6 is 23.4 Å². The number of aromatic nitrogens is 1. The molecule has 1 aromatic heterocycles. The van der Waals surface area contributed by atoms with Crippen molar-refractivity contribution in [1.82, 2.24) is 9.88 Å². The topological polar surface area (TPSA) is 45.2 Å². The van der Waals surface area contributed by atoms with Crippen LogP contribution in [0.3, 0.4) is 0 Å². The number of hydrogen-bond acceptors (Lipinski definition) is 4. The Labute approximate surface area is 176 Å². The number of aryl methyl sites for hydroxylation is 1. The van der Waals surface area contributed by atoms with Crippen molar-refractivity contribution >= 4 is 35.1 Å². The quantitative estimate of drug-likeness (QED) is 0.727. The molecule has 0 saturated carbocycles. The smallest absolute Gasteiger partial charge is 0.222 e. The van der Waals surface area contributed by atoms with Gasteiger partial charge >= 0.3 is 0 Å². The van der Waals surface area contributed by atoms with E-state index in [4.69, 9.17) is 11.6 Å². The number of hydrogen-bond donors (Lipinski definition) is 1. The molecule has 6 heteroatoms. The molecule has 2 bridgehead atoms. The van der Waals surface area contributed by atoms with E-state index in [1.807, 2.05) is 30.8 Å². The second kappa shape index (κ2) is 8.05. The predicted octanol–water partition coefficient (Wildman–Crippen LogP) is 5.39. The Balaban J connectivity index is 1.56. The zero-order valence-electron chi connectivity index (χ0n) is 16.5. The molecule has 0 spiro atoms. The molecule has 1 amide bonds. The van der Waals surface area contributed by atoms with Crippen LogP contribution in [0, 0.1) is 6.92 Å². The third-order valence-electron chi connectivity index (χ3n) is 5.91. The first-order valence-electron chi connectivity index (χ1n) is 9.83. The van der Waals surface area contributed by atoms with E-state index in [-0.39, 0.29) is 5.91 Å². The van der Waals surface area contributed by atoms with Crippen LogP contribution in [0.15, 0.2) is 35.4 Å². The van der Waals surface area contributed by atoms with Gasteiger partial charge in [-0.3, -0.25) is 4.79 Å². The molecule has 2 aliphatic heterocycles. The molecule has 3 atom stereocenters. The summed E-state index contributed by atoms with van der Waals surface area (Å²) < 4.78 is 0. The third kappa shape index (κ3) is 4.07. The molecule has 148 valence electrons. The monoisotopic (exact) mass is 415 g/mol. The van der Waals surface area contributed by atoms with Crippen LogP contribution in [0.1, 0.15) is 38.2 Å². The van der Waals surface area contributed by atoms with Gasteiger partial charge in [0.25, 0.3) is 0 Å². The number of nitrogens with zero attached hydrogens (tertiary/aromatic N) is 2. The van der Waals surface area contributed by atoms with Crippen LogP contribution in [0.4, 0.5) is 5.82 Å². The summed E-state index contributed by atoms with van der Waals surface area (Å²) in [6.07, 6.45) is 6.90. The molecular formula is C22H26ClN3OS. The van der Waals surface area contributed by atoms with E-state index >= 15 is 0 Å². The minimum Gasteiger partial charge on any atom is -0.310 e. The number of anilines is 1. The number of carbonyl (C=O) groups is 1. The molecule has 2 fully saturated rings. The molecule has 0 aliphatic carbocycles. The molecule has 28 heavy (non-hydrogen) atoms. The number of halogens is 1. The highest BCUT2D eigenvalue weighted by Crippen LogP contribution is 2.43. The highest BCUT2D eigenvalue weighted by atomic mass is 35.5. The molecule has 3 heterocycles. The SMILES string of the molecule is CC(=O)Nc1ncc(C)cc1-c1ccc(SC2C[C@H]3CC[C@@H](C2)N3C)c(Cl)c1. The number of amides is 1. The van der Waals surface area contributed by atoms with Gasteiger partial charge in [0.15, 0.2) is 0 Å². The lowest BCUT2D eigenvalue weighted by molar-refractivity contribution is -0.114. The molecule has 1 aromatic carbocycles. The van der Waals surface area contributed by atoms with E-state index in [0.717, 1.165) is 38.7 Å². The second-order valence-corrected chi connectivity index (χ2v) is 9.75. The number of thioether (sulfide) groups is 1. The number of rotatable bonds is 4. The predicted molar refractivity (Wildman–Crippen MR) is 117 cm³/mol. The summed E-state index contributed by atoms with van der Waals surface area (Å²) >= 11 is 8.59. The van der Waals surface area contributed by atoms with Gasteiger partial charge < -0.3 is 10.2 Å². The van der Waals surface area contributed by atoms with E-state index < -0.39 is 0 Å². The van der Waals surface area contributed by atoms with Gasteiger partial charge in [-0.2, -0.15) is 0 Å². The van der Waals surface area contributed by atoms with Gasteiger partial charge in [0.1, 0.15) is 5.82 Å². The first kappa shape index (κ1) is 19.7. The maximum Gasteiger partial charge on any atom is 0.222 e. The Kier molecular flexibility index (Phi) is 5.68. The molecule has 2 aromatic rings. The summed E-state index contributed by atoms with van der Waals surface area (Å²) in [5, 5.41) is 4.22. The first-order valence-corrected chi connectivity index (χ1v) is 11.1. The van der Waals surface area contributed by atoms with Gasteiger partial charge in [0.2, 0.25) is 5.91 Å². The summed E-state index contributed by atoms with van der Waals surface area (Å²) in [4.78, 5) is 19.6. The molecule has 2 aliphatic rings. The third-order valence-corrected chi connectivity index (χ3v) is 7.66. The van der Waals surface area contributed by atoms with E-state index in [1.165, 1.54) is 32.6 Å². The standard InChI is InChI=1S/C22H26ClN3OS/c1-13-8-19(22(24-12-13)25-14(2)27)15-4-7-21(20(23)9-15)28-18-10-16-5-6-17(11-18)26(16)3/h4,7-9,12,16-18H,5-6,10-11H2,1-3H3,(H,24,25,27)/t16-,17+,18?. The number of carbonyl (C=O) groups excluding carboxylic acids is 1. The lowest BCUT2D eigenvalue weighted by atomic mass is 10.0. The van der Waals surface area contributed by atoms with Crippen molar-refractivity contribution in [2.75, 3.05) is 12.4 Å². The largest absolute Gasteiger partial charge is 0.310 e. The summed E-state index contributed by atoms with van der Waals surface area (Å²) in [6.45, 7) is 3.49. The maximum atomic E-state index is 11.5. The van der Waals surface area contributed by atoms with E-state index in [2.05, 4.69) is 34.4 Å².